The van der Waals surface area contributed by atoms with E-state index >= 15 is 0 Å². The van der Waals surface area contributed by atoms with E-state index < -0.39 is 0 Å². The van der Waals surface area contributed by atoms with Gasteiger partial charge in [-0.15, -0.1) is 0 Å². The smallest absolute Gasteiger partial charge is 0.134 e. The van der Waals surface area contributed by atoms with Gasteiger partial charge >= 0.3 is 0 Å². The fourth-order valence-electron chi connectivity index (χ4n) is 2.36. The molecule has 0 bridgehead atoms. The van der Waals surface area contributed by atoms with Crippen LogP contribution >= 0.6 is 0 Å². The first kappa shape index (κ1) is 13.1. The Labute approximate surface area is 109 Å². The number of benzene rings is 1. The van der Waals surface area contributed by atoms with E-state index in [-0.39, 0.29) is 6.04 Å². The maximum atomic E-state index is 5.94. The first-order valence-electron chi connectivity index (χ1n) is 6.64. The maximum Gasteiger partial charge on any atom is 0.134 e. The molecule has 3 nitrogen and oxygen atoms in total. The van der Waals surface area contributed by atoms with Gasteiger partial charge in [-0.1, -0.05) is 31.5 Å². The van der Waals surface area contributed by atoms with Gasteiger partial charge in [-0.2, -0.15) is 0 Å². The molecule has 1 unspecified atom stereocenters. The van der Waals surface area contributed by atoms with Crippen LogP contribution in [0.3, 0.4) is 0 Å². The minimum Gasteiger partial charge on any atom is -0.464 e. The maximum absolute atomic E-state index is 5.94. The van der Waals surface area contributed by atoms with Crippen molar-refractivity contribution < 1.29 is 4.42 Å². The lowest BCUT2D eigenvalue weighted by Crippen LogP contribution is -2.31. The summed E-state index contributed by atoms with van der Waals surface area (Å²) in [6, 6.07) is 8.37. The van der Waals surface area contributed by atoms with E-state index in [0.29, 0.717) is 6.54 Å². The Morgan fingerprint density at radius 3 is 2.83 bits per heavy atom. The van der Waals surface area contributed by atoms with Crippen LogP contribution in [-0.2, 0) is 0 Å². The molecule has 1 atom stereocenters. The molecule has 0 radical (unpaired) electrons. The molecule has 0 saturated carbocycles. The van der Waals surface area contributed by atoms with Crippen molar-refractivity contribution in [3.8, 4) is 0 Å². The molecule has 0 aliphatic heterocycles. The molecule has 0 aliphatic carbocycles. The van der Waals surface area contributed by atoms with E-state index in [1.165, 1.54) is 23.8 Å². The van der Waals surface area contributed by atoms with Crippen LogP contribution in [0.2, 0.25) is 0 Å². The number of likely N-dealkylation sites (N-methyl/N-ethyl adjacent to an activating group) is 1. The third-order valence-electron chi connectivity index (χ3n) is 3.49. The summed E-state index contributed by atoms with van der Waals surface area (Å²) in [5.74, 6) is 0. The molecule has 18 heavy (non-hydrogen) atoms. The zero-order valence-electron chi connectivity index (χ0n) is 11.2. The van der Waals surface area contributed by atoms with Gasteiger partial charge in [0.05, 0.1) is 12.3 Å². The highest BCUT2D eigenvalue weighted by Gasteiger charge is 2.19. The molecule has 1 aromatic carbocycles. The van der Waals surface area contributed by atoms with Crippen LogP contribution in [0.5, 0.6) is 0 Å². The number of para-hydroxylation sites is 1. The molecule has 2 rings (SSSR count). The number of unbranched alkanes of at least 4 members (excludes halogenated alkanes) is 1. The van der Waals surface area contributed by atoms with Crippen molar-refractivity contribution in [1.29, 1.82) is 0 Å². The quantitative estimate of drug-likeness (QED) is 0.851. The number of hydrogen-bond acceptors (Lipinski definition) is 3. The van der Waals surface area contributed by atoms with E-state index in [1.807, 2.05) is 24.5 Å². The second kappa shape index (κ2) is 6.03. The Kier molecular flexibility index (Phi) is 4.39. The second-order valence-electron chi connectivity index (χ2n) is 4.77. The lowest BCUT2D eigenvalue weighted by molar-refractivity contribution is 0.246. The lowest BCUT2D eigenvalue weighted by atomic mass is 10.0. The van der Waals surface area contributed by atoms with Crippen molar-refractivity contribution in [1.82, 2.24) is 4.90 Å². The summed E-state index contributed by atoms with van der Waals surface area (Å²) in [7, 11) is 2.13. The van der Waals surface area contributed by atoms with Gasteiger partial charge in [0.15, 0.2) is 0 Å². The zero-order chi connectivity index (χ0) is 13.0. The van der Waals surface area contributed by atoms with Gasteiger partial charge in [0.25, 0.3) is 0 Å². The van der Waals surface area contributed by atoms with Crippen molar-refractivity contribution in [2.75, 3.05) is 20.1 Å². The molecule has 98 valence electrons. The van der Waals surface area contributed by atoms with E-state index in [4.69, 9.17) is 10.2 Å². The number of nitrogens with zero attached hydrogens (tertiary/aromatic N) is 1. The predicted octanol–water partition coefficient (Wildman–Crippen LogP) is 3.16. The van der Waals surface area contributed by atoms with E-state index in [0.717, 1.165) is 12.1 Å². The van der Waals surface area contributed by atoms with Crippen LogP contribution in [0.25, 0.3) is 11.0 Å². The average molecular weight is 246 g/mol. The van der Waals surface area contributed by atoms with E-state index in [9.17, 15) is 0 Å². The first-order chi connectivity index (χ1) is 8.77. The number of fused-ring (bicyclic) bond motifs is 1. The minimum atomic E-state index is 0.236. The number of hydrogen-bond donors (Lipinski definition) is 1. The van der Waals surface area contributed by atoms with E-state index in [2.05, 4.69) is 24.9 Å². The summed E-state index contributed by atoms with van der Waals surface area (Å²) in [5, 5.41) is 1.18. The number of rotatable bonds is 6. The Bertz CT molecular complexity index is 492. The average Bonchev–Trinajstić information content (AvgIpc) is 2.81. The first-order valence-corrected chi connectivity index (χ1v) is 6.64. The van der Waals surface area contributed by atoms with Gasteiger partial charge in [-0.05, 0) is 26.1 Å². The summed E-state index contributed by atoms with van der Waals surface area (Å²) in [6.45, 7) is 3.89. The highest BCUT2D eigenvalue weighted by atomic mass is 16.3. The SMILES string of the molecule is CCCCN(C)C(CN)c1coc2ccccc12. The van der Waals surface area contributed by atoms with Gasteiger partial charge in [0.2, 0.25) is 0 Å². The van der Waals surface area contributed by atoms with Crippen LogP contribution in [0.15, 0.2) is 34.9 Å². The molecule has 2 aromatic rings. The summed E-state index contributed by atoms with van der Waals surface area (Å²) in [4.78, 5) is 2.32. The molecule has 3 heteroatoms. The molecule has 1 heterocycles. The summed E-state index contributed by atoms with van der Waals surface area (Å²) in [5.41, 5.74) is 8.08. The molecule has 0 spiro atoms. The summed E-state index contributed by atoms with van der Waals surface area (Å²) >= 11 is 0. The molecule has 0 aliphatic rings. The van der Waals surface area contributed by atoms with Crippen molar-refractivity contribution in [3.63, 3.8) is 0 Å². The summed E-state index contributed by atoms with van der Waals surface area (Å²) < 4.78 is 5.60. The number of nitrogens with two attached hydrogens (primary N) is 1. The topological polar surface area (TPSA) is 42.4 Å². The molecule has 0 saturated heterocycles. The van der Waals surface area contributed by atoms with Crippen LogP contribution in [-0.4, -0.2) is 25.0 Å². The molecular formula is C15H22N2O. The van der Waals surface area contributed by atoms with Crippen LogP contribution in [0, 0.1) is 0 Å². The molecule has 0 fully saturated rings. The highest BCUT2D eigenvalue weighted by Crippen LogP contribution is 2.28. The van der Waals surface area contributed by atoms with Crippen LogP contribution in [0.4, 0.5) is 0 Å². The molecule has 1 aromatic heterocycles. The lowest BCUT2D eigenvalue weighted by Gasteiger charge is -2.26. The van der Waals surface area contributed by atoms with Gasteiger partial charge in [0.1, 0.15) is 5.58 Å². The van der Waals surface area contributed by atoms with Crippen molar-refractivity contribution in [2.45, 2.75) is 25.8 Å². The predicted molar refractivity (Wildman–Crippen MR) is 75.5 cm³/mol. The Morgan fingerprint density at radius 2 is 2.11 bits per heavy atom. The van der Waals surface area contributed by atoms with Gasteiger partial charge in [-0.25, -0.2) is 0 Å². The Hall–Kier alpha value is -1.32. The third kappa shape index (κ3) is 2.57. The van der Waals surface area contributed by atoms with E-state index in [1.54, 1.807) is 0 Å². The van der Waals surface area contributed by atoms with Crippen molar-refractivity contribution in [3.05, 3.63) is 36.1 Å². The monoisotopic (exact) mass is 246 g/mol. The second-order valence-corrected chi connectivity index (χ2v) is 4.77. The van der Waals surface area contributed by atoms with Gasteiger partial charge in [0, 0.05) is 17.5 Å². The van der Waals surface area contributed by atoms with Crippen LogP contribution < -0.4 is 5.73 Å². The Balaban J connectivity index is 2.26. The van der Waals surface area contributed by atoms with Crippen molar-refractivity contribution >= 4 is 11.0 Å². The fourth-order valence-corrected chi connectivity index (χ4v) is 2.36. The Morgan fingerprint density at radius 1 is 1.33 bits per heavy atom. The van der Waals surface area contributed by atoms with Gasteiger partial charge in [-0.3, -0.25) is 4.90 Å². The van der Waals surface area contributed by atoms with Crippen molar-refractivity contribution in [2.24, 2.45) is 5.73 Å². The number of furan rings is 1. The molecular weight excluding hydrogens is 224 g/mol. The zero-order valence-corrected chi connectivity index (χ0v) is 11.2. The normalized spacial score (nSPS) is 13.3. The van der Waals surface area contributed by atoms with Gasteiger partial charge < -0.3 is 10.2 Å². The highest BCUT2D eigenvalue weighted by molar-refractivity contribution is 5.81. The largest absolute Gasteiger partial charge is 0.464 e. The summed E-state index contributed by atoms with van der Waals surface area (Å²) in [6.07, 6.45) is 4.25. The standard InChI is InChI=1S/C15H22N2O/c1-3-4-9-17(2)14(10-16)13-11-18-15-8-6-5-7-12(13)15/h5-8,11,14H,3-4,9-10,16H2,1-2H3. The molecule has 0 amide bonds. The van der Waals surface area contributed by atoms with Crippen LogP contribution in [0.1, 0.15) is 31.4 Å². The fraction of sp³-hybridized carbons (Fsp3) is 0.467. The molecule has 2 N–H and O–H groups in total. The third-order valence-corrected chi connectivity index (χ3v) is 3.49. The minimum absolute atomic E-state index is 0.236.